The third-order valence-corrected chi connectivity index (χ3v) is 4.05. The number of halogens is 2. The third kappa shape index (κ3) is 3.59. The van der Waals surface area contributed by atoms with Crippen molar-refractivity contribution in [2.45, 2.75) is 13.1 Å². The maximum absolute atomic E-state index is 5.82. The number of hydrogen-bond donors (Lipinski definition) is 1. The molecule has 1 N–H and O–H groups in total. The van der Waals surface area contributed by atoms with Crippen LogP contribution in [0.4, 0.5) is 0 Å². The summed E-state index contributed by atoms with van der Waals surface area (Å²) in [6.07, 6.45) is 0. The van der Waals surface area contributed by atoms with Crippen LogP contribution >= 0.6 is 38.9 Å². The topological polar surface area (TPSA) is 12.0 Å². The molecule has 0 aliphatic heterocycles. The Morgan fingerprint density at radius 2 is 1.81 bits per heavy atom. The van der Waals surface area contributed by atoms with Gasteiger partial charge in [-0.1, -0.05) is 23.7 Å². The molecule has 0 aliphatic carbocycles. The van der Waals surface area contributed by atoms with E-state index in [1.165, 1.54) is 14.2 Å². The molecule has 1 nitrogen and oxygen atoms in total. The number of nitrogens with one attached hydrogen (secondary N) is 1. The first-order valence-corrected chi connectivity index (χ1v) is 6.92. The van der Waals surface area contributed by atoms with Crippen LogP contribution < -0.4 is 5.32 Å². The van der Waals surface area contributed by atoms with Gasteiger partial charge >= 0.3 is 0 Å². The Balaban J connectivity index is 1.82. The van der Waals surface area contributed by atoms with Crippen LogP contribution in [0.3, 0.4) is 0 Å². The molecule has 0 saturated heterocycles. The number of rotatable bonds is 4. The lowest BCUT2D eigenvalue weighted by Crippen LogP contribution is -2.11. The minimum atomic E-state index is 0.783. The summed E-state index contributed by atoms with van der Waals surface area (Å²) in [5.74, 6) is 0. The second kappa shape index (κ2) is 5.82. The zero-order valence-corrected chi connectivity index (χ0v) is 11.7. The molecule has 2 aromatic rings. The van der Waals surface area contributed by atoms with Gasteiger partial charge in [0.25, 0.3) is 0 Å². The van der Waals surface area contributed by atoms with E-state index in [4.69, 9.17) is 11.6 Å². The van der Waals surface area contributed by atoms with Gasteiger partial charge < -0.3 is 5.32 Å². The van der Waals surface area contributed by atoms with Crippen molar-refractivity contribution in [1.82, 2.24) is 5.32 Å². The van der Waals surface area contributed by atoms with E-state index in [0.29, 0.717) is 0 Å². The van der Waals surface area contributed by atoms with Gasteiger partial charge in [-0.05, 0) is 45.8 Å². The molecule has 1 aromatic heterocycles. The van der Waals surface area contributed by atoms with E-state index >= 15 is 0 Å². The van der Waals surface area contributed by atoms with E-state index in [-0.39, 0.29) is 0 Å². The van der Waals surface area contributed by atoms with Crippen LogP contribution in [-0.4, -0.2) is 0 Å². The second-order valence-corrected chi connectivity index (χ2v) is 6.42. The highest BCUT2D eigenvalue weighted by molar-refractivity contribution is 9.11. The van der Waals surface area contributed by atoms with Gasteiger partial charge in [-0.25, -0.2) is 0 Å². The normalized spacial score (nSPS) is 10.6. The number of hydrogen-bond acceptors (Lipinski definition) is 2. The summed E-state index contributed by atoms with van der Waals surface area (Å²) in [4.78, 5) is 1.33. The average molecular weight is 317 g/mol. The SMILES string of the molecule is Clc1ccc(CNCc2ccc(Br)s2)cc1. The zero-order chi connectivity index (χ0) is 11.4. The summed E-state index contributed by atoms with van der Waals surface area (Å²) in [5, 5.41) is 4.18. The lowest BCUT2D eigenvalue weighted by Gasteiger charge is -2.03. The molecule has 4 heteroatoms. The van der Waals surface area contributed by atoms with E-state index < -0.39 is 0 Å². The molecule has 16 heavy (non-hydrogen) atoms. The Kier molecular flexibility index (Phi) is 4.41. The van der Waals surface area contributed by atoms with Gasteiger partial charge in [-0.15, -0.1) is 11.3 Å². The molecule has 0 saturated carbocycles. The predicted octanol–water partition coefficient (Wildman–Crippen LogP) is 4.45. The monoisotopic (exact) mass is 315 g/mol. The van der Waals surface area contributed by atoms with Gasteiger partial charge in [0.15, 0.2) is 0 Å². The molecule has 0 aliphatic rings. The Bertz CT molecular complexity index is 452. The molecule has 0 fully saturated rings. The Morgan fingerprint density at radius 1 is 1.06 bits per heavy atom. The molecule has 0 amide bonds. The van der Waals surface area contributed by atoms with E-state index in [0.717, 1.165) is 18.1 Å². The van der Waals surface area contributed by atoms with Crippen LogP contribution in [0, 0.1) is 0 Å². The van der Waals surface area contributed by atoms with E-state index in [1.807, 2.05) is 24.3 Å². The molecule has 1 aromatic carbocycles. The van der Waals surface area contributed by atoms with Crippen molar-refractivity contribution in [3.63, 3.8) is 0 Å². The summed E-state index contributed by atoms with van der Waals surface area (Å²) in [6.45, 7) is 1.77. The summed E-state index contributed by atoms with van der Waals surface area (Å²) in [7, 11) is 0. The molecule has 0 atom stereocenters. The average Bonchev–Trinajstić information content (AvgIpc) is 2.67. The molecular formula is C12H11BrClNS. The highest BCUT2D eigenvalue weighted by Gasteiger charge is 1.97. The van der Waals surface area contributed by atoms with Crippen LogP contribution in [0.25, 0.3) is 0 Å². The molecule has 84 valence electrons. The highest BCUT2D eigenvalue weighted by Crippen LogP contribution is 2.21. The number of benzene rings is 1. The van der Waals surface area contributed by atoms with Crippen molar-refractivity contribution in [1.29, 1.82) is 0 Å². The second-order valence-electron chi connectivity index (χ2n) is 3.44. The molecule has 0 spiro atoms. The third-order valence-electron chi connectivity index (χ3n) is 2.17. The Morgan fingerprint density at radius 3 is 2.44 bits per heavy atom. The fourth-order valence-corrected chi connectivity index (χ4v) is 2.96. The van der Waals surface area contributed by atoms with Crippen molar-refractivity contribution in [2.24, 2.45) is 0 Å². The van der Waals surface area contributed by atoms with Crippen LogP contribution in [0.1, 0.15) is 10.4 Å². The molecule has 0 bridgehead atoms. The first kappa shape index (κ1) is 12.1. The smallest absolute Gasteiger partial charge is 0.0701 e. The van der Waals surface area contributed by atoms with Crippen LogP contribution in [0.5, 0.6) is 0 Å². The van der Waals surface area contributed by atoms with E-state index in [2.05, 4.69) is 33.4 Å². The summed E-state index contributed by atoms with van der Waals surface area (Å²) < 4.78 is 1.18. The lowest BCUT2D eigenvalue weighted by atomic mass is 10.2. The molecule has 1 heterocycles. The minimum absolute atomic E-state index is 0.783. The maximum Gasteiger partial charge on any atom is 0.0701 e. The van der Waals surface area contributed by atoms with Crippen LogP contribution in [0.2, 0.25) is 5.02 Å². The fourth-order valence-electron chi connectivity index (χ4n) is 1.38. The molecular weight excluding hydrogens is 306 g/mol. The summed E-state index contributed by atoms with van der Waals surface area (Å²) in [6, 6.07) is 12.1. The molecule has 0 unspecified atom stereocenters. The van der Waals surface area contributed by atoms with Crippen LogP contribution in [-0.2, 0) is 13.1 Å². The van der Waals surface area contributed by atoms with Gasteiger partial charge in [-0.2, -0.15) is 0 Å². The van der Waals surface area contributed by atoms with Gasteiger partial charge in [0.1, 0.15) is 0 Å². The van der Waals surface area contributed by atoms with Gasteiger partial charge in [-0.3, -0.25) is 0 Å². The van der Waals surface area contributed by atoms with Crippen molar-refractivity contribution >= 4 is 38.9 Å². The predicted molar refractivity (Wildman–Crippen MR) is 74.0 cm³/mol. The Hall–Kier alpha value is -0.350. The Labute approximate surface area is 113 Å². The highest BCUT2D eigenvalue weighted by atomic mass is 79.9. The van der Waals surface area contributed by atoms with Crippen molar-refractivity contribution < 1.29 is 0 Å². The van der Waals surface area contributed by atoms with Crippen molar-refractivity contribution in [2.75, 3.05) is 0 Å². The zero-order valence-electron chi connectivity index (χ0n) is 8.54. The lowest BCUT2D eigenvalue weighted by molar-refractivity contribution is 0.701. The summed E-state index contributed by atoms with van der Waals surface area (Å²) >= 11 is 11.0. The number of thiophene rings is 1. The maximum atomic E-state index is 5.82. The van der Waals surface area contributed by atoms with Gasteiger partial charge in [0.05, 0.1) is 3.79 Å². The summed E-state index contributed by atoms with van der Waals surface area (Å²) in [5.41, 5.74) is 1.25. The van der Waals surface area contributed by atoms with Crippen molar-refractivity contribution in [3.05, 3.63) is 55.6 Å². The van der Waals surface area contributed by atoms with Crippen LogP contribution in [0.15, 0.2) is 40.2 Å². The van der Waals surface area contributed by atoms with Crippen molar-refractivity contribution in [3.8, 4) is 0 Å². The molecule has 2 rings (SSSR count). The van der Waals surface area contributed by atoms with Gasteiger partial charge in [0, 0.05) is 23.0 Å². The van der Waals surface area contributed by atoms with E-state index in [9.17, 15) is 0 Å². The van der Waals surface area contributed by atoms with E-state index in [1.54, 1.807) is 11.3 Å². The van der Waals surface area contributed by atoms with Gasteiger partial charge in [0.2, 0.25) is 0 Å². The first-order chi connectivity index (χ1) is 7.74. The molecule has 0 radical (unpaired) electrons. The standard InChI is InChI=1S/C12H11BrClNS/c13-12-6-5-11(16-12)8-15-7-9-1-3-10(14)4-2-9/h1-6,15H,7-8H2. The first-order valence-electron chi connectivity index (χ1n) is 4.93. The quantitative estimate of drug-likeness (QED) is 0.878. The largest absolute Gasteiger partial charge is 0.308 e. The fraction of sp³-hybridized carbons (Fsp3) is 0.167. The minimum Gasteiger partial charge on any atom is -0.308 e.